The lowest BCUT2D eigenvalue weighted by molar-refractivity contribution is 0.195. The Kier molecular flexibility index (Phi) is 11.8. The van der Waals surface area contributed by atoms with Gasteiger partial charge in [-0.2, -0.15) is 0 Å². The van der Waals surface area contributed by atoms with Gasteiger partial charge in [0.25, 0.3) is 0 Å². The minimum atomic E-state index is -0.0661. The second-order valence-corrected chi connectivity index (χ2v) is 6.08. The van der Waals surface area contributed by atoms with E-state index in [1.807, 2.05) is 12.1 Å². The van der Waals surface area contributed by atoms with Crippen LogP contribution >= 0.6 is 24.0 Å². The summed E-state index contributed by atoms with van der Waals surface area (Å²) in [4.78, 5) is 4.73. The molecule has 0 aliphatic carbocycles. The maximum absolute atomic E-state index is 5.32. The number of hydrogen-bond donors (Lipinski definition) is 2. The largest absolute Gasteiger partial charge is 0.497 e. The Bertz CT molecular complexity index is 493. The van der Waals surface area contributed by atoms with Gasteiger partial charge in [0.1, 0.15) is 5.75 Å². The highest BCUT2D eigenvalue weighted by Crippen LogP contribution is 2.26. The molecule has 138 valence electrons. The number of benzene rings is 1. The quantitative estimate of drug-likeness (QED) is 0.263. The summed E-state index contributed by atoms with van der Waals surface area (Å²) in [6.07, 6.45) is 0.959. The molecule has 24 heavy (non-hydrogen) atoms. The molecule has 0 atom stereocenters. The lowest BCUT2D eigenvalue weighted by Gasteiger charge is -2.24. The van der Waals surface area contributed by atoms with Crippen LogP contribution in [-0.4, -0.2) is 46.4 Å². The number of ether oxygens (including phenoxy) is 2. The average molecular weight is 449 g/mol. The number of halogens is 1. The third-order valence-electron chi connectivity index (χ3n) is 3.65. The highest BCUT2D eigenvalue weighted by molar-refractivity contribution is 14.0. The number of methoxy groups -OCH3 is 2. The SMILES string of the molecule is CCNC(=NCC(C)(C)c1cccc(OC)c1)NCCCOC.I. The van der Waals surface area contributed by atoms with Crippen LogP contribution in [-0.2, 0) is 10.2 Å². The molecule has 0 aliphatic heterocycles. The van der Waals surface area contributed by atoms with Gasteiger partial charge in [0.2, 0.25) is 0 Å². The van der Waals surface area contributed by atoms with Crippen LogP contribution in [0.4, 0.5) is 0 Å². The van der Waals surface area contributed by atoms with Gasteiger partial charge in [-0.05, 0) is 31.0 Å². The summed E-state index contributed by atoms with van der Waals surface area (Å²) < 4.78 is 10.4. The molecule has 0 amide bonds. The molecule has 0 fully saturated rings. The van der Waals surface area contributed by atoms with Gasteiger partial charge in [-0.3, -0.25) is 4.99 Å². The number of hydrogen-bond acceptors (Lipinski definition) is 3. The molecule has 0 heterocycles. The van der Waals surface area contributed by atoms with Crippen LogP contribution in [0.5, 0.6) is 5.75 Å². The number of nitrogens with zero attached hydrogens (tertiary/aromatic N) is 1. The molecule has 0 spiro atoms. The Morgan fingerprint density at radius 2 is 1.96 bits per heavy atom. The van der Waals surface area contributed by atoms with E-state index in [9.17, 15) is 0 Å². The van der Waals surface area contributed by atoms with Crippen molar-refractivity contribution in [3.8, 4) is 5.75 Å². The van der Waals surface area contributed by atoms with E-state index in [0.29, 0.717) is 6.54 Å². The second kappa shape index (κ2) is 12.4. The van der Waals surface area contributed by atoms with Gasteiger partial charge in [-0.25, -0.2) is 0 Å². The molecule has 1 aromatic carbocycles. The van der Waals surface area contributed by atoms with Crippen LogP contribution in [0, 0.1) is 0 Å². The van der Waals surface area contributed by atoms with E-state index in [1.165, 1.54) is 5.56 Å². The number of aliphatic imine (C=N–C) groups is 1. The molecular formula is C18H32IN3O2. The minimum Gasteiger partial charge on any atom is -0.497 e. The Morgan fingerprint density at radius 1 is 1.21 bits per heavy atom. The Labute approximate surface area is 163 Å². The zero-order valence-corrected chi connectivity index (χ0v) is 17.8. The summed E-state index contributed by atoms with van der Waals surface area (Å²) in [5, 5.41) is 6.62. The summed E-state index contributed by atoms with van der Waals surface area (Å²) in [5.74, 6) is 1.73. The van der Waals surface area contributed by atoms with Crippen LogP contribution in [0.15, 0.2) is 29.3 Å². The smallest absolute Gasteiger partial charge is 0.191 e. The van der Waals surface area contributed by atoms with Crippen LogP contribution < -0.4 is 15.4 Å². The summed E-state index contributed by atoms with van der Waals surface area (Å²) in [5.41, 5.74) is 1.15. The van der Waals surface area contributed by atoms with Crippen LogP contribution in [0.1, 0.15) is 32.8 Å². The van der Waals surface area contributed by atoms with Crippen molar-refractivity contribution in [2.75, 3.05) is 40.5 Å². The summed E-state index contributed by atoms with van der Waals surface area (Å²) >= 11 is 0. The fraction of sp³-hybridized carbons (Fsp3) is 0.611. The van der Waals surface area contributed by atoms with Gasteiger partial charge < -0.3 is 20.1 Å². The van der Waals surface area contributed by atoms with Crippen LogP contribution in [0.2, 0.25) is 0 Å². The molecule has 1 aromatic rings. The molecule has 1 rings (SSSR count). The molecule has 0 aliphatic rings. The fourth-order valence-corrected chi connectivity index (χ4v) is 2.18. The van der Waals surface area contributed by atoms with Crippen molar-refractivity contribution in [3.63, 3.8) is 0 Å². The van der Waals surface area contributed by atoms with E-state index in [4.69, 9.17) is 14.5 Å². The highest BCUT2D eigenvalue weighted by Gasteiger charge is 2.21. The van der Waals surface area contributed by atoms with Gasteiger partial charge in [-0.15, -0.1) is 24.0 Å². The number of guanidine groups is 1. The maximum Gasteiger partial charge on any atom is 0.191 e. The summed E-state index contributed by atoms with van der Waals surface area (Å²) in [6.45, 7) is 9.59. The number of rotatable bonds is 9. The van der Waals surface area contributed by atoms with Crippen molar-refractivity contribution in [3.05, 3.63) is 29.8 Å². The maximum atomic E-state index is 5.32. The molecule has 0 saturated carbocycles. The molecule has 0 saturated heterocycles. The minimum absolute atomic E-state index is 0. The molecule has 0 aromatic heterocycles. The first-order chi connectivity index (χ1) is 11.0. The van der Waals surface area contributed by atoms with Gasteiger partial charge >= 0.3 is 0 Å². The third-order valence-corrected chi connectivity index (χ3v) is 3.65. The topological polar surface area (TPSA) is 54.9 Å². The van der Waals surface area contributed by atoms with Crippen molar-refractivity contribution in [2.24, 2.45) is 4.99 Å². The van der Waals surface area contributed by atoms with Crippen LogP contribution in [0.3, 0.4) is 0 Å². The molecule has 6 heteroatoms. The van der Waals surface area contributed by atoms with Crippen LogP contribution in [0.25, 0.3) is 0 Å². The zero-order valence-electron chi connectivity index (χ0n) is 15.5. The highest BCUT2D eigenvalue weighted by atomic mass is 127. The molecule has 5 nitrogen and oxygen atoms in total. The van der Waals surface area contributed by atoms with Crippen molar-refractivity contribution < 1.29 is 9.47 Å². The molecule has 0 radical (unpaired) electrons. The summed E-state index contributed by atoms with van der Waals surface area (Å²) in [7, 11) is 3.41. The Balaban J connectivity index is 0.00000529. The van der Waals surface area contributed by atoms with Gasteiger partial charge in [-0.1, -0.05) is 26.0 Å². The van der Waals surface area contributed by atoms with E-state index in [-0.39, 0.29) is 29.4 Å². The monoisotopic (exact) mass is 449 g/mol. The predicted octanol–water partition coefficient (Wildman–Crippen LogP) is 3.18. The van der Waals surface area contributed by atoms with E-state index in [2.05, 4.69) is 43.5 Å². The normalized spacial score (nSPS) is 11.6. The first-order valence-corrected chi connectivity index (χ1v) is 8.19. The summed E-state index contributed by atoms with van der Waals surface area (Å²) in [6, 6.07) is 8.18. The third kappa shape index (κ3) is 8.19. The zero-order chi connectivity index (χ0) is 17.1. The standard InChI is InChI=1S/C18H31N3O2.HI/c1-6-19-17(20-11-8-12-22-4)21-14-18(2,3)15-9-7-10-16(13-15)23-5;/h7,9-10,13H,6,8,11-12,14H2,1-5H3,(H2,19,20,21);1H. The van der Waals surface area contributed by atoms with E-state index in [0.717, 1.165) is 37.8 Å². The number of nitrogens with one attached hydrogen (secondary N) is 2. The van der Waals surface area contributed by atoms with Crippen molar-refractivity contribution in [1.29, 1.82) is 0 Å². The first-order valence-electron chi connectivity index (χ1n) is 8.19. The fourth-order valence-electron chi connectivity index (χ4n) is 2.18. The van der Waals surface area contributed by atoms with Crippen molar-refractivity contribution >= 4 is 29.9 Å². The first kappa shape index (κ1) is 23.0. The molecule has 2 N–H and O–H groups in total. The van der Waals surface area contributed by atoms with Crippen molar-refractivity contribution in [1.82, 2.24) is 10.6 Å². The van der Waals surface area contributed by atoms with Gasteiger partial charge in [0.05, 0.1) is 13.7 Å². The Hall–Kier alpha value is -1.02. The van der Waals surface area contributed by atoms with Crippen molar-refractivity contribution in [2.45, 2.75) is 32.6 Å². The predicted molar refractivity (Wildman–Crippen MR) is 112 cm³/mol. The van der Waals surface area contributed by atoms with E-state index < -0.39 is 0 Å². The molecule has 0 unspecified atom stereocenters. The Morgan fingerprint density at radius 3 is 2.58 bits per heavy atom. The molecular weight excluding hydrogens is 417 g/mol. The molecule has 0 bridgehead atoms. The van der Waals surface area contributed by atoms with Gasteiger partial charge in [0, 0.05) is 32.2 Å². The van der Waals surface area contributed by atoms with E-state index in [1.54, 1.807) is 14.2 Å². The second-order valence-electron chi connectivity index (χ2n) is 6.08. The lowest BCUT2D eigenvalue weighted by Crippen LogP contribution is -2.39. The average Bonchev–Trinajstić information content (AvgIpc) is 2.56. The van der Waals surface area contributed by atoms with Gasteiger partial charge in [0.15, 0.2) is 5.96 Å². The van der Waals surface area contributed by atoms with E-state index >= 15 is 0 Å². The lowest BCUT2D eigenvalue weighted by atomic mass is 9.85.